The molecule has 0 radical (unpaired) electrons. The zero-order chi connectivity index (χ0) is 21.5. The van der Waals surface area contributed by atoms with E-state index in [1.165, 1.54) is 31.6 Å². The van der Waals surface area contributed by atoms with Crippen LogP contribution in [0.2, 0.25) is 0 Å². The second kappa shape index (κ2) is 9.69. The SMILES string of the molecule is COC(=O)CCCC(=O)c1cc(C2=COC(Cc3ccccc3)O2)cc([N+](=O)[O-])c1. The van der Waals surface area contributed by atoms with Crippen molar-refractivity contribution in [1.82, 2.24) is 0 Å². The number of esters is 1. The molecular weight excluding hydrogens is 390 g/mol. The fourth-order valence-corrected chi connectivity index (χ4v) is 3.03. The number of non-ortho nitro benzene ring substituents is 1. The summed E-state index contributed by atoms with van der Waals surface area (Å²) in [5.41, 5.74) is 1.37. The Labute approximate surface area is 173 Å². The molecule has 0 aromatic heterocycles. The van der Waals surface area contributed by atoms with Crippen LogP contribution in [0.1, 0.15) is 40.7 Å². The molecule has 1 unspecified atom stereocenters. The second-order valence-electron chi connectivity index (χ2n) is 6.73. The van der Waals surface area contributed by atoms with Gasteiger partial charge in [-0.2, -0.15) is 0 Å². The van der Waals surface area contributed by atoms with Crippen molar-refractivity contribution in [2.24, 2.45) is 0 Å². The molecule has 1 aliphatic heterocycles. The van der Waals surface area contributed by atoms with E-state index in [9.17, 15) is 19.7 Å². The standard InChI is InChI=1S/C22H21NO7/c1-28-21(25)9-5-8-19(24)16-11-17(13-18(12-16)23(26)27)20-14-29-22(30-20)10-15-6-3-2-4-7-15/h2-4,6-7,11-14,22H,5,8-10H2,1H3. The smallest absolute Gasteiger partial charge is 0.305 e. The quantitative estimate of drug-likeness (QED) is 0.265. The zero-order valence-corrected chi connectivity index (χ0v) is 16.4. The maximum absolute atomic E-state index is 12.5. The molecule has 3 rings (SSSR count). The minimum atomic E-state index is -0.563. The second-order valence-corrected chi connectivity index (χ2v) is 6.73. The molecule has 8 heteroatoms. The Kier molecular flexibility index (Phi) is 6.79. The summed E-state index contributed by atoms with van der Waals surface area (Å²) in [6.45, 7) is 0. The third-order valence-corrected chi connectivity index (χ3v) is 4.58. The lowest BCUT2D eigenvalue weighted by Gasteiger charge is -2.12. The predicted octanol–water partition coefficient (Wildman–Crippen LogP) is 4.03. The van der Waals surface area contributed by atoms with Crippen LogP contribution in [0.5, 0.6) is 0 Å². The first-order valence-corrected chi connectivity index (χ1v) is 9.42. The Morgan fingerprint density at radius 3 is 2.60 bits per heavy atom. The number of benzene rings is 2. The number of rotatable bonds is 9. The number of carbonyl (C=O) groups excluding carboxylic acids is 2. The molecule has 1 aliphatic rings. The maximum Gasteiger partial charge on any atom is 0.305 e. The number of ketones is 1. The fraction of sp³-hybridized carbons (Fsp3) is 0.273. The molecule has 156 valence electrons. The summed E-state index contributed by atoms with van der Waals surface area (Å²) in [5.74, 6) is -0.388. The van der Waals surface area contributed by atoms with Crippen molar-refractivity contribution in [2.75, 3.05) is 7.11 Å². The molecule has 30 heavy (non-hydrogen) atoms. The number of carbonyl (C=O) groups is 2. The van der Waals surface area contributed by atoms with Gasteiger partial charge in [-0.25, -0.2) is 0 Å². The van der Waals surface area contributed by atoms with Gasteiger partial charge in [-0.05, 0) is 18.1 Å². The molecule has 0 fully saturated rings. The van der Waals surface area contributed by atoms with Crippen LogP contribution in [0.3, 0.4) is 0 Å². The van der Waals surface area contributed by atoms with E-state index in [2.05, 4.69) is 4.74 Å². The predicted molar refractivity (Wildman–Crippen MR) is 107 cm³/mol. The van der Waals surface area contributed by atoms with E-state index in [-0.39, 0.29) is 29.9 Å². The number of hydrogen-bond donors (Lipinski definition) is 0. The summed E-state index contributed by atoms with van der Waals surface area (Å²) in [5, 5.41) is 11.3. The van der Waals surface area contributed by atoms with Gasteiger partial charge in [0.25, 0.3) is 5.69 Å². The van der Waals surface area contributed by atoms with E-state index in [1.54, 1.807) is 0 Å². The van der Waals surface area contributed by atoms with Crippen molar-refractivity contribution >= 4 is 23.2 Å². The Morgan fingerprint density at radius 2 is 1.90 bits per heavy atom. The van der Waals surface area contributed by atoms with Crippen LogP contribution in [0.25, 0.3) is 5.76 Å². The number of ether oxygens (including phenoxy) is 3. The molecule has 0 amide bonds. The first-order valence-electron chi connectivity index (χ1n) is 9.42. The van der Waals surface area contributed by atoms with Gasteiger partial charge in [0.05, 0.1) is 12.0 Å². The van der Waals surface area contributed by atoms with Crippen LogP contribution in [0.4, 0.5) is 5.69 Å². The van der Waals surface area contributed by atoms with Crippen molar-refractivity contribution in [3.63, 3.8) is 0 Å². The van der Waals surface area contributed by atoms with Gasteiger partial charge in [0.1, 0.15) is 6.26 Å². The molecule has 0 spiro atoms. The molecule has 0 saturated carbocycles. The fourth-order valence-electron chi connectivity index (χ4n) is 3.03. The van der Waals surface area contributed by atoms with Crippen LogP contribution in [-0.2, 0) is 25.4 Å². The maximum atomic E-state index is 12.5. The number of Topliss-reactive ketones (excluding diaryl/α,β-unsaturated/α-hetero) is 1. The normalized spacial score (nSPS) is 15.0. The van der Waals surface area contributed by atoms with Crippen molar-refractivity contribution in [2.45, 2.75) is 32.0 Å². The lowest BCUT2D eigenvalue weighted by Crippen LogP contribution is -2.12. The first-order chi connectivity index (χ1) is 14.5. The molecule has 0 aliphatic carbocycles. The van der Waals surface area contributed by atoms with Crippen LogP contribution in [0.15, 0.2) is 54.8 Å². The van der Waals surface area contributed by atoms with Crippen LogP contribution < -0.4 is 0 Å². The van der Waals surface area contributed by atoms with Crippen LogP contribution >= 0.6 is 0 Å². The van der Waals surface area contributed by atoms with Crippen molar-refractivity contribution < 1.29 is 28.7 Å². The van der Waals surface area contributed by atoms with E-state index in [1.807, 2.05) is 30.3 Å². The highest BCUT2D eigenvalue weighted by atomic mass is 16.7. The van der Waals surface area contributed by atoms with Gasteiger partial charge in [-0.3, -0.25) is 19.7 Å². The summed E-state index contributed by atoms with van der Waals surface area (Å²) in [7, 11) is 1.28. The van der Waals surface area contributed by atoms with E-state index in [4.69, 9.17) is 9.47 Å². The number of nitro benzene ring substituents is 1. The molecule has 0 bridgehead atoms. The first kappa shape index (κ1) is 21.0. The summed E-state index contributed by atoms with van der Waals surface area (Å²) in [6.07, 6.45) is 1.83. The monoisotopic (exact) mass is 411 g/mol. The third-order valence-electron chi connectivity index (χ3n) is 4.58. The molecule has 1 atom stereocenters. The molecule has 0 N–H and O–H groups in total. The van der Waals surface area contributed by atoms with Crippen molar-refractivity contribution in [1.29, 1.82) is 0 Å². The van der Waals surface area contributed by atoms with Crippen molar-refractivity contribution in [3.05, 3.63) is 81.6 Å². The molecule has 2 aromatic rings. The minimum absolute atomic E-state index is 0.0722. The van der Waals surface area contributed by atoms with Gasteiger partial charge in [0, 0.05) is 42.5 Å². The molecule has 8 nitrogen and oxygen atoms in total. The number of nitro groups is 1. The summed E-state index contributed by atoms with van der Waals surface area (Å²) < 4.78 is 15.9. The molecular formula is C22H21NO7. The van der Waals surface area contributed by atoms with E-state index in [0.29, 0.717) is 24.2 Å². The Balaban J connectivity index is 1.72. The minimum Gasteiger partial charge on any atom is -0.469 e. The summed E-state index contributed by atoms with van der Waals surface area (Å²) in [4.78, 5) is 34.5. The molecule has 2 aromatic carbocycles. The Morgan fingerprint density at radius 1 is 1.13 bits per heavy atom. The van der Waals surface area contributed by atoms with E-state index >= 15 is 0 Å². The van der Waals surface area contributed by atoms with Gasteiger partial charge >= 0.3 is 5.97 Å². The highest BCUT2D eigenvalue weighted by Gasteiger charge is 2.24. The van der Waals surface area contributed by atoms with Gasteiger partial charge in [0.15, 0.2) is 11.5 Å². The number of hydrogen-bond acceptors (Lipinski definition) is 7. The average Bonchev–Trinajstić information content (AvgIpc) is 3.22. The van der Waals surface area contributed by atoms with Gasteiger partial charge in [-0.1, -0.05) is 30.3 Å². The highest BCUT2D eigenvalue weighted by Crippen LogP contribution is 2.30. The lowest BCUT2D eigenvalue weighted by atomic mass is 10.0. The van der Waals surface area contributed by atoms with Gasteiger partial charge in [-0.15, -0.1) is 0 Å². The van der Waals surface area contributed by atoms with Gasteiger partial charge in [0.2, 0.25) is 6.29 Å². The third kappa shape index (κ3) is 5.44. The van der Waals surface area contributed by atoms with E-state index < -0.39 is 17.2 Å². The summed E-state index contributed by atoms with van der Waals surface area (Å²) in [6, 6.07) is 13.7. The highest BCUT2D eigenvalue weighted by molar-refractivity contribution is 5.97. The Hall–Kier alpha value is -3.68. The van der Waals surface area contributed by atoms with Crippen LogP contribution in [-0.4, -0.2) is 30.1 Å². The zero-order valence-electron chi connectivity index (χ0n) is 16.4. The van der Waals surface area contributed by atoms with E-state index in [0.717, 1.165) is 5.56 Å². The Bertz CT molecular complexity index is 969. The largest absolute Gasteiger partial charge is 0.469 e. The topological polar surface area (TPSA) is 105 Å². The number of methoxy groups -OCH3 is 1. The van der Waals surface area contributed by atoms with Gasteiger partial charge < -0.3 is 14.2 Å². The van der Waals surface area contributed by atoms with Crippen molar-refractivity contribution in [3.8, 4) is 0 Å². The summed E-state index contributed by atoms with van der Waals surface area (Å²) >= 11 is 0. The molecule has 0 saturated heterocycles. The lowest BCUT2D eigenvalue weighted by molar-refractivity contribution is -0.384. The average molecular weight is 411 g/mol. The number of nitrogens with zero attached hydrogens (tertiary/aromatic N) is 1. The molecule has 1 heterocycles. The van der Waals surface area contributed by atoms with Crippen LogP contribution in [0, 0.1) is 10.1 Å².